The molecule has 7 heteroatoms. The summed E-state index contributed by atoms with van der Waals surface area (Å²) < 4.78 is 12.4. The fraction of sp³-hybridized carbons (Fsp3) is 0.360. The molecular weight excluding hydrogens is 404 g/mol. The lowest BCUT2D eigenvalue weighted by atomic mass is 10.1. The van der Waals surface area contributed by atoms with Gasteiger partial charge >= 0.3 is 0 Å². The van der Waals surface area contributed by atoms with Gasteiger partial charge in [-0.15, -0.1) is 0 Å². The molecule has 0 spiro atoms. The van der Waals surface area contributed by atoms with Crippen molar-refractivity contribution in [1.82, 2.24) is 19.6 Å². The Bertz CT molecular complexity index is 998. The van der Waals surface area contributed by atoms with E-state index in [0.29, 0.717) is 12.2 Å². The van der Waals surface area contributed by atoms with E-state index < -0.39 is 0 Å². The number of carbonyl (C=O) groups is 1. The van der Waals surface area contributed by atoms with Gasteiger partial charge in [0.15, 0.2) is 5.69 Å². The van der Waals surface area contributed by atoms with E-state index in [1.165, 1.54) is 0 Å². The molecule has 7 nitrogen and oxygen atoms in total. The lowest BCUT2D eigenvalue weighted by Gasteiger charge is -2.35. The highest BCUT2D eigenvalue weighted by Gasteiger charge is 2.26. The fourth-order valence-electron chi connectivity index (χ4n) is 3.93. The van der Waals surface area contributed by atoms with E-state index in [4.69, 9.17) is 9.47 Å². The van der Waals surface area contributed by atoms with E-state index in [9.17, 15) is 4.79 Å². The fourth-order valence-corrected chi connectivity index (χ4v) is 3.93. The molecule has 3 aromatic rings. The lowest BCUT2D eigenvalue weighted by Crippen LogP contribution is -2.48. The third kappa shape index (κ3) is 5.36. The third-order valence-electron chi connectivity index (χ3n) is 5.76. The summed E-state index contributed by atoms with van der Waals surface area (Å²) in [6.07, 6.45) is 1.82. The smallest absolute Gasteiger partial charge is 0.274 e. The van der Waals surface area contributed by atoms with Crippen LogP contribution in [0, 0.1) is 0 Å². The maximum Gasteiger partial charge on any atom is 0.274 e. The Labute approximate surface area is 189 Å². The van der Waals surface area contributed by atoms with Gasteiger partial charge in [0.1, 0.15) is 5.75 Å². The molecule has 1 amide bonds. The van der Waals surface area contributed by atoms with Crippen molar-refractivity contribution >= 4 is 5.91 Å². The van der Waals surface area contributed by atoms with Gasteiger partial charge in [0, 0.05) is 38.4 Å². The zero-order valence-electron chi connectivity index (χ0n) is 18.7. The molecule has 0 N–H and O–H groups in total. The van der Waals surface area contributed by atoms with Crippen LogP contribution in [0.4, 0.5) is 0 Å². The zero-order chi connectivity index (χ0) is 22.3. The number of amides is 1. The van der Waals surface area contributed by atoms with Crippen LogP contribution in [0.2, 0.25) is 0 Å². The van der Waals surface area contributed by atoms with Gasteiger partial charge in [-0.05, 0) is 42.8 Å². The first kappa shape index (κ1) is 22.0. The minimum atomic E-state index is -0.0677. The maximum atomic E-state index is 13.6. The van der Waals surface area contributed by atoms with E-state index in [2.05, 4.69) is 29.1 Å². The van der Waals surface area contributed by atoms with E-state index in [-0.39, 0.29) is 11.9 Å². The monoisotopic (exact) mass is 434 g/mol. The van der Waals surface area contributed by atoms with Crippen LogP contribution in [0.3, 0.4) is 0 Å². The Morgan fingerprint density at radius 3 is 2.50 bits per heavy atom. The van der Waals surface area contributed by atoms with Crippen LogP contribution < -0.4 is 4.74 Å². The Kier molecular flexibility index (Phi) is 7.19. The number of carbonyl (C=O) groups excluding carboxylic acids is 1. The number of hydrogen-bond acceptors (Lipinski definition) is 5. The number of morpholine rings is 1. The Morgan fingerprint density at radius 1 is 1.09 bits per heavy atom. The van der Waals surface area contributed by atoms with Crippen molar-refractivity contribution in [2.45, 2.75) is 19.5 Å². The first-order chi connectivity index (χ1) is 15.6. The maximum absolute atomic E-state index is 13.6. The SMILES string of the molecule is COc1ccc(-n2ccc(C(=O)N(Cc3ccccc3)C(C)CN3CCOCC3)n2)cc1. The number of rotatable bonds is 8. The highest BCUT2D eigenvalue weighted by molar-refractivity contribution is 5.92. The van der Waals surface area contributed by atoms with Crippen LogP contribution in [-0.4, -0.2) is 71.5 Å². The second-order valence-corrected chi connectivity index (χ2v) is 8.02. The van der Waals surface area contributed by atoms with E-state index in [1.807, 2.05) is 53.6 Å². The number of ether oxygens (including phenoxy) is 2. The summed E-state index contributed by atoms with van der Waals surface area (Å²) in [5, 5.41) is 4.58. The summed E-state index contributed by atoms with van der Waals surface area (Å²) in [4.78, 5) is 17.8. The third-order valence-corrected chi connectivity index (χ3v) is 5.76. The predicted octanol–water partition coefficient (Wildman–Crippen LogP) is 3.24. The van der Waals surface area contributed by atoms with Crippen molar-refractivity contribution in [1.29, 1.82) is 0 Å². The van der Waals surface area contributed by atoms with Crippen molar-refractivity contribution in [2.75, 3.05) is 40.0 Å². The van der Waals surface area contributed by atoms with E-state index >= 15 is 0 Å². The average Bonchev–Trinajstić information content (AvgIpc) is 3.34. The summed E-state index contributed by atoms with van der Waals surface area (Å²) in [5.41, 5.74) is 2.41. The highest BCUT2D eigenvalue weighted by atomic mass is 16.5. The van der Waals surface area contributed by atoms with Crippen LogP contribution in [0.25, 0.3) is 5.69 Å². The zero-order valence-corrected chi connectivity index (χ0v) is 18.7. The van der Waals surface area contributed by atoms with Crippen molar-refractivity contribution in [2.24, 2.45) is 0 Å². The summed E-state index contributed by atoms with van der Waals surface area (Å²) >= 11 is 0. The standard InChI is InChI=1S/C25H30N4O3/c1-20(18-27-14-16-32-17-15-27)28(19-21-6-4-3-5-7-21)25(30)24-12-13-29(26-24)22-8-10-23(31-2)11-9-22/h3-13,20H,14-19H2,1-2H3. The molecule has 1 aliphatic heterocycles. The van der Waals surface area contributed by atoms with Gasteiger partial charge < -0.3 is 14.4 Å². The first-order valence-electron chi connectivity index (χ1n) is 11.0. The second-order valence-electron chi connectivity index (χ2n) is 8.02. The number of nitrogens with zero attached hydrogens (tertiary/aromatic N) is 4. The van der Waals surface area contributed by atoms with Crippen molar-refractivity contribution < 1.29 is 14.3 Å². The lowest BCUT2D eigenvalue weighted by molar-refractivity contribution is 0.0227. The molecule has 0 saturated carbocycles. The molecule has 0 aliphatic carbocycles. The van der Waals surface area contributed by atoms with Crippen LogP contribution in [0.1, 0.15) is 23.0 Å². The summed E-state index contributed by atoms with van der Waals surface area (Å²) in [7, 11) is 1.64. The molecule has 2 aromatic carbocycles. The minimum Gasteiger partial charge on any atom is -0.497 e. The average molecular weight is 435 g/mol. The normalized spacial score (nSPS) is 15.3. The Hall–Kier alpha value is -3.16. The van der Waals surface area contributed by atoms with Crippen LogP contribution >= 0.6 is 0 Å². The molecule has 0 bridgehead atoms. The van der Waals surface area contributed by atoms with E-state index in [0.717, 1.165) is 49.8 Å². The Balaban J connectivity index is 1.54. The molecular formula is C25H30N4O3. The van der Waals surface area contributed by atoms with Crippen molar-refractivity contribution in [3.63, 3.8) is 0 Å². The van der Waals surface area contributed by atoms with Gasteiger partial charge in [0.25, 0.3) is 5.91 Å². The summed E-state index contributed by atoms with van der Waals surface area (Å²) in [6, 6.07) is 19.5. The molecule has 0 radical (unpaired) electrons. The van der Waals surface area contributed by atoms with Gasteiger partial charge in [0.2, 0.25) is 0 Å². The number of aromatic nitrogens is 2. The summed E-state index contributed by atoms with van der Waals surface area (Å²) in [5.74, 6) is 0.713. The number of methoxy groups -OCH3 is 1. The number of hydrogen-bond donors (Lipinski definition) is 0. The molecule has 1 aromatic heterocycles. The van der Waals surface area contributed by atoms with Crippen LogP contribution in [0.5, 0.6) is 5.75 Å². The molecule has 32 heavy (non-hydrogen) atoms. The van der Waals surface area contributed by atoms with Gasteiger partial charge in [-0.1, -0.05) is 30.3 Å². The highest BCUT2D eigenvalue weighted by Crippen LogP contribution is 2.17. The molecule has 4 rings (SSSR count). The minimum absolute atomic E-state index is 0.0342. The largest absolute Gasteiger partial charge is 0.497 e. The van der Waals surface area contributed by atoms with Crippen LogP contribution in [-0.2, 0) is 11.3 Å². The van der Waals surface area contributed by atoms with Gasteiger partial charge in [-0.2, -0.15) is 5.10 Å². The van der Waals surface area contributed by atoms with Crippen molar-refractivity contribution in [3.8, 4) is 11.4 Å². The first-order valence-corrected chi connectivity index (χ1v) is 11.0. The predicted molar refractivity (Wildman–Crippen MR) is 123 cm³/mol. The molecule has 1 atom stereocenters. The molecule has 1 aliphatic rings. The second kappa shape index (κ2) is 10.4. The molecule has 2 heterocycles. The van der Waals surface area contributed by atoms with Crippen LogP contribution in [0.15, 0.2) is 66.9 Å². The quantitative estimate of drug-likeness (QED) is 0.545. The number of benzene rings is 2. The molecule has 1 saturated heterocycles. The van der Waals surface area contributed by atoms with Crippen molar-refractivity contribution in [3.05, 3.63) is 78.1 Å². The molecule has 1 unspecified atom stereocenters. The summed E-state index contributed by atoms with van der Waals surface area (Å²) in [6.45, 7) is 6.73. The molecule has 1 fully saturated rings. The van der Waals surface area contributed by atoms with E-state index in [1.54, 1.807) is 17.9 Å². The molecule has 168 valence electrons. The van der Waals surface area contributed by atoms with Gasteiger partial charge in [0.05, 0.1) is 26.0 Å². The van der Waals surface area contributed by atoms with Gasteiger partial charge in [-0.3, -0.25) is 9.69 Å². The Morgan fingerprint density at radius 2 is 1.81 bits per heavy atom. The van der Waals surface area contributed by atoms with Gasteiger partial charge in [-0.25, -0.2) is 4.68 Å². The topological polar surface area (TPSA) is 59.8 Å².